The van der Waals surface area contributed by atoms with Crippen LogP contribution in [0.5, 0.6) is 5.88 Å². The van der Waals surface area contributed by atoms with E-state index in [1.54, 1.807) is 20.4 Å². The average Bonchev–Trinajstić information content (AvgIpc) is 3.71. The fourth-order valence-electron chi connectivity index (χ4n) is 10.3. The Kier molecular flexibility index (Phi) is 12.7. The predicted molar refractivity (Wildman–Crippen MR) is 241 cm³/mol. The highest BCUT2D eigenvalue weighted by molar-refractivity contribution is 5.91. The molecule has 368 valence electrons. The normalized spacial score (nSPS) is 26.9. The monoisotopic (exact) mass is 943 g/mol. The fourth-order valence-corrected chi connectivity index (χ4v) is 10.3. The number of carbonyl (C=O) groups is 4. The van der Waals surface area contributed by atoms with Gasteiger partial charge in [-0.15, -0.1) is 14.9 Å². The summed E-state index contributed by atoms with van der Waals surface area (Å²) in [5, 5.41) is 54.1. The van der Waals surface area contributed by atoms with Crippen LogP contribution in [0, 0.1) is 17.8 Å². The van der Waals surface area contributed by atoms with Crippen molar-refractivity contribution < 1.29 is 38.7 Å². The Labute approximate surface area is 395 Å². The van der Waals surface area contributed by atoms with Crippen molar-refractivity contribution in [3.63, 3.8) is 0 Å². The summed E-state index contributed by atoms with van der Waals surface area (Å²) < 4.78 is 14.7. The zero-order valence-electron chi connectivity index (χ0n) is 40.5. The van der Waals surface area contributed by atoms with Crippen LogP contribution in [0.2, 0.25) is 0 Å². The molecule has 0 radical (unpaired) electrons. The van der Waals surface area contributed by atoms with E-state index in [9.17, 15) is 29.4 Å². The van der Waals surface area contributed by atoms with Gasteiger partial charge in [-0.05, 0) is 43.4 Å². The summed E-state index contributed by atoms with van der Waals surface area (Å²) in [7, 11) is 1.81. The molecule has 9 rings (SSSR count). The molecule has 68 heavy (non-hydrogen) atoms. The fraction of sp³-hybridized carbons (Fsp3) is 0.717. The first-order valence-electron chi connectivity index (χ1n) is 24.2. The number of hydrogen-bond acceptors (Lipinski definition) is 13. The zero-order valence-corrected chi connectivity index (χ0v) is 40.5. The molecule has 2 aliphatic heterocycles. The van der Waals surface area contributed by atoms with Gasteiger partial charge in [0.25, 0.3) is 6.33 Å². The van der Waals surface area contributed by atoms with Crippen LogP contribution in [0.25, 0.3) is 0 Å². The topological polar surface area (TPSA) is 249 Å². The quantitative estimate of drug-likeness (QED) is 0.0913. The highest BCUT2D eigenvalue weighted by Gasteiger charge is 2.50. The highest BCUT2D eigenvalue weighted by atomic mass is 16.5. The lowest BCUT2D eigenvalue weighted by atomic mass is 9.85. The van der Waals surface area contributed by atoms with E-state index in [1.165, 1.54) is 9.80 Å². The average molecular weight is 943 g/mol. The van der Waals surface area contributed by atoms with Crippen molar-refractivity contribution in [1.29, 1.82) is 0 Å². The molecule has 6 heterocycles. The molecule has 2 saturated heterocycles. The molecule has 4 amide bonds. The molecule has 3 saturated carbocycles. The second kappa shape index (κ2) is 18.3. The second-order valence-electron chi connectivity index (χ2n) is 22.0. The Morgan fingerprint density at radius 1 is 0.838 bits per heavy atom. The number of β-amino-alcohol motifs (C(OH)–C–C–N with tert-alkyl or cyclic N) is 2. The third-order valence-electron chi connectivity index (χ3n) is 14.2. The maximum Gasteiger partial charge on any atom is 0.265 e. The number of carbonyl (C=O) groups excluding carboxylic acids is 4. The summed E-state index contributed by atoms with van der Waals surface area (Å²) in [6.07, 6.45) is 11.0. The van der Waals surface area contributed by atoms with Gasteiger partial charge in [0.15, 0.2) is 0 Å². The van der Waals surface area contributed by atoms with Gasteiger partial charge in [-0.2, -0.15) is 5.10 Å². The lowest BCUT2D eigenvalue weighted by Crippen LogP contribution is -2.54. The molecule has 0 aromatic carbocycles. The number of amides is 4. The van der Waals surface area contributed by atoms with Gasteiger partial charge in [-0.3, -0.25) is 19.2 Å². The molecular weight excluding hydrogens is 875 g/mol. The summed E-state index contributed by atoms with van der Waals surface area (Å²) in [5.41, 5.74) is 1.38. The molecule has 22 nitrogen and oxygen atoms in total. The minimum atomic E-state index is -0.832. The lowest BCUT2D eigenvalue weighted by Gasteiger charge is -2.36. The van der Waals surface area contributed by atoms with Gasteiger partial charge < -0.3 is 35.4 Å². The van der Waals surface area contributed by atoms with Gasteiger partial charge in [0.1, 0.15) is 30.2 Å². The second-order valence-corrected chi connectivity index (χ2v) is 22.0. The highest BCUT2D eigenvalue weighted by Crippen LogP contribution is 2.48. The van der Waals surface area contributed by atoms with Crippen molar-refractivity contribution in [2.75, 3.05) is 26.2 Å². The zero-order chi connectivity index (χ0) is 48.4. The number of likely N-dealkylation sites (tertiary alicyclic amines) is 2. The minimum Gasteiger partial charge on any atom is -0.478 e. The molecule has 22 heteroatoms. The Morgan fingerprint density at radius 3 is 2.00 bits per heavy atom. The Balaban J connectivity index is 0.769. The first kappa shape index (κ1) is 47.3. The summed E-state index contributed by atoms with van der Waals surface area (Å²) in [6.45, 7) is 14.5. The Morgan fingerprint density at radius 2 is 1.43 bits per heavy atom. The van der Waals surface area contributed by atoms with E-state index >= 15 is 0 Å². The molecule has 0 bridgehead atoms. The van der Waals surface area contributed by atoms with Crippen LogP contribution >= 0.6 is 0 Å². The lowest BCUT2D eigenvalue weighted by molar-refractivity contribution is -0.702. The molecule has 4 aromatic heterocycles. The number of nitrogens with one attached hydrogen (secondary N) is 2. The maximum atomic E-state index is 14.4. The van der Waals surface area contributed by atoms with Gasteiger partial charge in [-0.25, -0.2) is 18.6 Å². The standard InChI is InChI=1S/C46H67N15O7/c1-26-14-38(55(8)52-26)68-13-9-12-47-41(64)36-17-30(62)20-57(36)43(66)40(46(5,6)7)60-23-34(51-54-60)32-19-35(32)56-24-48-61(25-56)29-15-28(16-29)49-42(65)37-18-31(63)21-58(37)44(67)39(45(2,3)4)59-22-33(50-53-59)27-10-11-27/h14,22-25,27-32,35-37,39-40,62-63H,9-13,15-21H2,1-8H3,(H-,47,49,64,65)/p+1/t28?,29?,30-,31-,32?,35?,36+,37+,39-,40-/m1/s1. The third kappa shape index (κ3) is 9.88. The van der Waals surface area contributed by atoms with Gasteiger partial charge in [0.2, 0.25) is 35.8 Å². The van der Waals surface area contributed by atoms with Crippen LogP contribution < -0.4 is 19.9 Å². The van der Waals surface area contributed by atoms with Gasteiger partial charge in [-0.1, -0.05) is 52.0 Å². The van der Waals surface area contributed by atoms with E-state index in [2.05, 4.69) is 46.0 Å². The molecule has 5 fully saturated rings. The van der Waals surface area contributed by atoms with Crippen LogP contribution in [0.15, 0.2) is 31.1 Å². The Hall–Kier alpha value is -5.77. The summed E-state index contributed by atoms with van der Waals surface area (Å²) in [6, 6.07) is -1.14. The van der Waals surface area contributed by atoms with E-state index in [1.807, 2.05) is 85.0 Å². The van der Waals surface area contributed by atoms with Crippen LogP contribution in [-0.4, -0.2) is 150 Å². The Bertz CT molecular complexity index is 2490. The number of ether oxygens (including phenoxy) is 1. The molecule has 5 aliphatic rings. The van der Waals surface area contributed by atoms with Crippen molar-refractivity contribution in [2.24, 2.45) is 17.9 Å². The number of aliphatic hydroxyl groups excluding tert-OH is 2. The largest absolute Gasteiger partial charge is 0.478 e. The molecular formula is C46H68N15O7+. The van der Waals surface area contributed by atoms with E-state index in [4.69, 9.17) is 4.74 Å². The first-order chi connectivity index (χ1) is 32.2. The van der Waals surface area contributed by atoms with E-state index in [0.717, 1.165) is 36.3 Å². The SMILES string of the molecule is Cc1cc(OCCCNC(=O)[C@@H]2C[C@@H](O)CN2C(=O)[C@@H](n2cc(C3CC3[n+]3cnn(C4CC(NC(=O)[C@@H]5C[C@@H](O)CN5C(=O)[C@@H](n5cc(C6CC6)nn5)C(C)(C)C)C4)c3)nn2)C(C)(C)C)n(C)n1. The molecule has 2 unspecified atom stereocenters. The third-order valence-corrected chi connectivity index (χ3v) is 14.2. The van der Waals surface area contributed by atoms with Crippen molar-refractivity contribution in [1.82, 2.24) is 70.0 Å². The maximum absolute atomic E-state index is 14.4. The summed E-state index contributed by atoms with van der Waals surface area (Å²) in [5.74, 6) is -0.0426. The summed E-state index contributed by atoms with van der Waals surface area (Å²) in [4.78, 5) is 58.7. The predicted octanol–water partition coefficient (Wildman–Crippen LogP) is 1.20. The van der Waals surface area contributed by atoms with Crippen LogP contribution in [0.4, 0.5) is 0 Å². The first-order valence-corrected chi connectivity index (χ1v) is 24.2. The number of rotatable bonds is 16. The molecule has 4 N–H and O–H groups in total. The van der Waals surface area contributed by atoms with E-state index in [0.29, 0.717) is 44.2 Å². The molecule has 8 atom stereocenters. The van der Waals surface area contributed by atoms with Gasteiger partial charge in [0, 0.05) is 93.8 Å². The van der Waals surface area contributed by atoms with Crippen molar-refractivity contribution in [3.05, 3.63) is 48.2 Å². The number of aliphatic hydroxyl groups is 2. The summed E-state index contributed by atoms with van der Waals surface area (Å²) >= 11 is 0. The van der Waals surface area contributed by atoms with Gasteiger partial charge >= 0.3 is 0 Å². The number of aryl methyl sites for hydroxylation is 2. The van der Waals surface area contributed by atoms with Crippen molar-refractivity contribution in [3.8, 4) is 5.88 Å². The van der Waals surface area contributed by atoms with Crippen molar-refractivity contribution >= 4 is 23.6 Å². The van der Waals surface area contributed by atoms with Crippen LogP contribution in [0.1, 0.15) is 146 Å². The van der Waals surface area contributed by atoms with Crippen LogP contribution in [0.3, 0.4) is 0 Å². The number of aromatic nitrogens is 11. The molecule has 0 spiro atoms. The van der Waals surface area contributed by atoms with Crippen LogP contribution in [-0.2, 0) is 26.2 Å². The van der Waals surface area contributed by atoms with E-state index < -0.39 is 47.2 Å². The smallest absolute Gasteiger partial charge is 0.265 e. The molecule has 3 aliphatic carbocycles. The van der Waals surface area contributed by atoms with Gasteiger partial charge in [0.05, 0.1) is 41.9 Å². The number of nitrogens with zero attached hydrogens (tertiary/aromatic N) is 13. The molecule has 4 aromatic rings. The van der Waals surface area contributed by atoms with E-state index in [-0.39, 0.29) is 73.6 Å². The number of hydrogen-bond donors (Lipinski definition) is 4. The minimum absolute atomic E-state index is 0.0439. The van der Waals surface area contributed by atoms with Crippen molar-refractivity contribution in [2.45, 2.75) is 166 Å².